The highest BCUT2D eigenvalue weighted by Gasteiger charge is 2.25. The van der Waals surface area contributed by atoms with Gasteiger partial charge in [0.2, 0.25) is 0 Å². The molecule has 1 fully saturated rings. The number of nitrogens with zero attached hydrogens (tertiary/aromatic N) is 3. The molecule has 2 heterocycles. The molecule has 100 valence electrons. The first-order valence-corrected chi connectivity index (χ1v) is 7.79. The highest BCUT2D eigenvalue weighted by molar-refractivity contribution is 8.00. The van der Waals surface area contributed by atoms with Gasteiger partial charge >= 0.3 is 0 Å². The van der Waals surface area contributed by atoms with E-state index in [1.165, 1.54) is 23.4 Å². The van der Waals surface area contributed by atoms with Crippen molar-refractivity contribution < 1.29 is 0 Å². The van der Waals surface area contributed by atoms with Crippen molar-refractivity contribution in [3.8, 4) is 6.07 Å². The molecule has 1 aromatic carbocycles. The van der Waals surface area contributed by atoms with Crippen LogP contribution in [0, 0.1) is 11.3 Å². The Labute approximate surface area is 119 Å². The molecule has 4 heteroatoms. The number of benzene rings is 1. The minimum Gasteiger partial charge on any atom is -0.300 e. The van der Waals surface area contributed by atoms with Crippen molar-refractivity contribution in [2.24, 2.45) is 0 Å². The summed E-state index contributed by atoms with van der Waals surface area (Å²) in [6, 6.07) is 11.0. The Morgan fingerprint density at radius 1 is 1.16 bits per heavy atom. The second kappa shape index (κ2) is 5.96. The molecule has 0 radical (unpaired) electrons. The molecule has 0 amide bonds. The highest BCUT2D eigenvalue weighted by atomic mass is 32.2. The van der Waals surface area contributed by atoms with Crippen molar-refractivity contribution in [1.29, 1.82) is 5.26 Å². The fourth-order valence-corrected chi connectivity index (χ4v) is 4.24. The lowest BCUT2D eigenvalue weighted by molar-refractivity contribution is 0.144. The predicted octanol–water partition coefficient (Wildman–Crippen LogP) is 1.84. The molecule has 19 heavy (non-hydrogen) atoms. The van der Waals surface area contributed by atoms with Gasteiger partial charge in [-0.05, 0) is 18.1 Å². The van der Waals surface area contributed by atoms with Crippen LogP contribution in [0.4, 0.5) is 0 Å². The van der Waals surface area contributed by atoms with Crippen LogP contribution in [0.2, 0.25) is 0 Å². The molecule has 0 spiro atoms. The van der Waals surface area contributed by atoms with Crippen molar-refractivity contribution in [1.82, 2.24) is 9.80 Å². The second-order valence-electron chi connectivity index (χ2n) is 5.29. The second-order valence-corrected chi connectivity index (χ2v) is 6.63. The molecular formula is C15H19N3S. The van der Waals surface area contributed by atoms with Crippen LogP contribution in [0.15, 0.2) is 29.2 Å². The summed E-state index contributed by atoms with van der Waals surface area (Å²) in [6.07, 6.45) is 1.21. The van der Waals surface area contributed by atoms with E-state index in [1.54, 1.807) is 0 Å². The number of thioether (sulfide) groups is 1. The molecule has 3 nitrogen and oxygen atoms in total. The van der Waals surface area contributed by atoms with Gasteiger partial charge in [-0.15, -0.1) is 11.8 Å². The van der Waals surface area contributed by atoms with Gasteiger partial charge in [-0.25, -0.2) is 0 Å². The van der Waals surface area contributed by atoms with E-state index in [-0.39, 0.29) is 0 Å². The van der Waals surface area contributed by atoms with Gasteiger partial charge < -0.3 is 0 Å². The number of piperazine rings is 1. The highest BCUT2D eigenvalue weighted by Crippen LogP contribution is 2.37. The van der Waals surface area contributed by atoms with Gasteiger partial charge in [-0.1, -0.05) is 18.2 Å². The number of hydrogen-bond acceptors (Lipinski definition) is 4. The molecule has 0 aromatic heterocycles. The molecule has 1 atom stereocenters. The largest absolute Gasteiger partial charge is 0.300 e. The van der Waals surface area contributed by atoms with Crippen LogP contribution >= 0.6 is 11.8 Å². The van der Waals surface area contributed by atoms with Crippen LogP contribution in [0.3, 0.4) is 0 Å². The summed E-state index contributed by atoms with van der Waals surface area (Å²) in [5.41, 5.74) is 1.51. The van der Waals surface area contributed by atoms with Gasteiger partial charge in [0, 0.05) is 42.9 Å². The molecule has 3 rings (SSSR count). The van der Waals surface area contributed by atoms with Crippen LogP contribution in [0.1, 0.15) is 5.56 Å². The summed E-state index contributed by atoms with van der Waals surface area (Å²) in [4.78, 5) is 6.26. The summed E-state index contributed by atoms with van der Waals surface area (Å²) < 4.78 is 0. The Morgan fingerprint density at radius 2 is 1.89 bits per heavy atom. The summed E-state index contributed by atoms with van der Waals surface area (Å²) in [7, 11) is 0. The zero-order valence-corrected chi connectivity index (χ0v) is 11.9. The molecule has 2 aliphatic heterocycles. The lowest BCUT2D eigenvalue weighted by atomic mass is 10.1. The van der Waals surface area contributed by atoms with Crippen LogP contribution in [0.25, 0.3) is 0 Å². The van der Waals surface area contributed by atoms with Gasteiger partial charge in [-0.3, -0.25) is 9.80 Å². The van der Waals surface area contributed by atoms with E-state index in [4.69, 9.17) is 5.26 Å². The fraction of sp³-hybridized carbons (Fsp3) is 0.533. The third kappa shape index (κ3) is 3.11. The van der Waals surface area contributed by atoms with Crippen molar-refractivity contribution >= 4 is 11.8 Å². The first kappa shape index (κ1) is 13.0. The van der Waals surface area contributed by atoms with E-state index in [9.17, 15) is 0 Å². The average Bonchev–Trinajstić information content (AvgIpc) is 2.83. The fourth-order valence-electron chi connectivity index (χ4n) is 2.87. The summed E-state index contributed by atoms with van der Waals surface area (Å²) >= 11 is 2.03. The average molecular weight is 273 g/mol. The monoisotopic (exact) mass is 273 g/mol. The molecule has 2 aliphatic rings. The van der Waals surface area contributed by atoms with Crippen molar-refractivity contribution in [3.63, 3.8) is 0 Å². The molecule has 0 saturated carbocycles. The van der Waals surface area contributed by atoms with Crippen LogP contribution < -0.4 is 0 Å². The van der Waals surface area contributed by atoms with Gasteiger partial charge in [0.1, 0.15) is 0 Å². The van der Waals surface area contributed by atoms with Crippen LogP contribution in [-0.4, -0.2) is 54.3 Å². The van der Waals surface area contributed by atoms with Gasteiger partial charge in [0.25, 0.3) is 0 Å². The molecule has 0 bridgehead atoms. The number of hydrogen-bond donors (Lipinski definition) is 0. The maximum Gasteiger partial charge on any atom is 0.0866 e. The first-order valence-electron chi connectivity index (χ1n) is 6.91. The van der Waals surface area contributed by atoms with Gasteiger partial charge in [0.05, 0.1) is 12.6 Å². The standard InChI is InChI=1S/C15H19N3S/c16-5-6-17-7-9-18(10-8-17)12-14-11-13-3-1-2-4-15(13)19-14/h1-4,14H,6-12H2. The summed E-state index contributed by atoms with van der Waals surface area (Å²) in [5.74, 6) is 0. The minimum absolute atomic E-state index is 0.581. The Bertz CT molecular complexity index is 450. The zero-order valence-electron chi connectivity index (χ0n) is 11.1. The Kier molecular flexibility index (Phi) is 4.07. The normalized spacial score (nSPS) is 24.1. The Morgan fingerprint density at radius 3 is 2.63 bits per heavy atom. The minimum atomic E-state index is 0.581. The molecule has 0 aliphatic carbocycles. The molecular weight excluding hydrogens is 254 g/mol. The van der Waals surface area contributed by atoms with E-state index >= 15 is 0 Å². The van der Waals surface area contributed by atoms with E-state index < -0.39 is 0 Å². The number of rotatable bonds is 3. The van der Waals surface area contributed by atoms with Crippen LogP contribution in [-0.2, 0) is 6.42 Å². The third-order valence-corrected chi connectivity index (χ3v) is 5.24. The first-order chi connectivity index (χ1) is 9.35. The number of fused-ring (bicyclic) bond motifs is 1. The molecule has 1 unspecified atom stereocenters. The summed E-state index contributed by atoms with van der Waals surface area (Å²) in [6.45, 7) is 6.05. The van der Waals surface area contributed by atoms with Crippen molar-refractivity contribution in [2.45, 2.75) is 16.6 Å². The van der Waals surface area contributed by atoms with Crippen molar-refractivity contribution in [3.05, 3.63) is 29.8 Å². The maximum atomic E-state index is 8.71. The lowest BCUT2D eigenvalue weighted by Crippen LogP contribution is -2.48. The molecule has 0 N–H and O–H groups in total. The third-order valence-electron chi connectivity index (χ3n) is 3.93. The SMILES string of the molecule is N#CCN1CCN(CC2Cc3ccccc3S2)CC1. The number of nitriles is 1. The van der Waals surface area contributed by atoms with E-state index in [1.807, 2.05) is 11.8 Å². The van der Waals surface area contributed by atoms with Crippen molar-refractivity contribution in [2.75, 3.05) is 39.3 Å². The quantitative estimate of drug-likeness (QED) is 0.786. The van der Waals surface area contributed by atoms with E-state index in [0.717, 1.165) is 26.2 Å². The topological polar surface area (TPSA) is 30.3 Å². The van der Waals surface area contributed by atoms with Gasteiger partial charge in [0.15, 0.2) is 0 Å². The van der Waals surface area contributed by atoms with E-state index in [0.29, 0.717) is 11.8 Å². The Hall–Kier alpha value is -1.02. The zero-order chi connectivity index (χ0) is 13.1. The van der Waals surface area contributed by atoms with Crippen LogP contribution in [0.5, 0.6) is 0 Å². The molecule has 1 aromatic rings. The predicted molar refractivity (Wildman–Crippen MR) is 78.3 cm³/mol. The lowest BCUT2D eigenvalue weighted by Gasteiger charge is -2.34. The smallest absolute Gasteiger partial charge is 0.0866 e. The summed E-state index contributed by atoms with van der Waals surface area (Å²) in [5, 5.41) is 9.41. The van der Waals surface area contributed by atoms with Gasteiger partial charge in [-0.2, -0.15) is 5.26 Å². The maximum absolute atomic E-state index is 8.71. The van der Waals surface area contributed by atoms with E-state index in [2.05, 4.69) is 40.1 Å². The Balaban J connectivity index is 1.48. The molecule has 1 saturated heterocycles.